The highest BCUT2D eigenvalue weighted by Crippen LogP contribution is 2.19. The molecule has 0 fully saturated rings. The summed E-state index contributed by atoms with van der Waals surface area (Å²) in [5.74, 6) is 0. The average molecular weight is 232 g/mol. The molecule has 1 rings (SSSR count). The Labute approximate surface area is 100 Å². The van der Waals surface area contributed by atoms with Crippen LogP contribution in [0, 0.1) is 5.41 Å². The standard InChI is InChI=1S/C12H16N4O/c1-8(13)12(15-7-17)9(2)16-11-6-4-3-5-10(11)14/h3-7,13,16H,14H2,1-2H3,(H,15,17)/b12-9+,13-8?. The maximum Gasteiger partial charge on any atom is 0.211 e. The molecule has 1 amide bonds. The van der Waals surface area contributed by atoms with E-state index in [0.29, 0.717) is 23.5 Å². The highest BCUT2D eigenvalue weighted by molar-refractivity contribution is 5.98. The lowest BCUT2D eigenvalue weighted by Gasteiger charge is -2.13. The second kappa shape index (κ2) is 5.69. The van der Waals surface area contributed by atoms with E-state index in [9.17, 15) is 4.79 Å². The van der Waals surface area contributed by atoms with Gasteiger partial charge in [0.05, 0.1) is 22.8 Å². The normalized spacial score (nSPS) is 11.4. The Kier molecular flexibility index (Phi) is 4.28. The van der Waals surface area contributed by atoms with Crippen LogP contribution in [0.15, 0.2) is 35.7 Å². The summed E-state index contributed by atoms with van der Waals surface area (Å²) in [6.07, 6.45) is 0.549. The first-order valence-electron chi connectivity index (χ1n) is 5.14. The molecule has 0 heterocycles. The third-order valence-electron chi connectivity index (χ3n) is 2.24. The quantitative estimate of drug-likeness (QED) is 0.354. The zero-order valence-electron chi connectivity index (χ0n) is 9.87. The van der Waals surface area contributed by atoms with Crippen LogP contribution < -0.4 is 16.4 Å². The number of para-hydroxylation sites is 2. The van der Waals surface area contributed by atoms with E-state index in [2.05, 4.69) is 10.6 Å². The molecule has 5 nitrogen and oxygen atoms in total. The largest absolute Gasteiger partial charge is 0.397 e. The van der Waals surface area contributed by atoms with Crippen LogP contribution in [0.3, 0.4) is 0 Å². The Balaban J connectivity index is 3.00. The zero-order valence-corrected chi connectivity index (χ0v) is 9.87. The van der Waals surface area contributed by atoms with Gasteiger partial charge in [-0.05, 0) is 26.0 Å². The fourth-order valence-corrected chi connectivity index (χ4v) is 1.43. The molecule has 5 N–H and O–H groups in total. The summed E-state index contributed by atoms with van der Waals surface area (Å²) in [5, 5.41) is 13.1. The van der Waals surface area contributed by atoms with Crippen LogP contribution in [0.5, 0.6) is 0 Å². The number of rotatable bonds is 5. The number of carbonyl (C=O) groups excluding carboxylic acids is 1. The van der Waals surface area contributed by atoms with E-state index in [-0.39, 0.29) is 5.71 Å². The van der Waals surface area contributed by atoms with Crippen LogP contribution in [-0.2, 0) is 4.79 Å². The number of nitrogens with two attached hydrogens (primary N) is 1. The summed E-state index contributed by atoms with van der Waals surface area (Å²) in [4.78, 5) is 10.4. The van der Waals surface area contributed by atoms with Crippen molar-refractivity contribution in [3.05, 3.63) is 35.7 Å². The lowest BCUT2D eigenvalue weighted by molar-refractivity contribution is -0.108. The van der Waals surface area contributed by atoms with Gasteiger partial charge in [0.2, 0.25) is 6.41 Å². The molecule has 0 bridgehead atoms. The number of nitrogen functional groups attached to an aromatic ring is 1. The van der Waals surface area contributed by atoms with Gasteiger partial charge in [0.1, 0.15) is 0 Å². The number of amides is 1. The van der Waals surface area contributed by atoms with Gasteiger partial charge in [-0.3, -0.25) is 4.79 Å². The Morgan fingerprint density at radius 3 is 2.53 bits per heavy atom. The van der Waals surface area contributed by atoms with Crippen LogP contribution in [0.4, 0.5) is 11.4 Å². The van der Waals surface area contributed by atoms with Gasteiger partial charge >= 0.3 is 0 Å². The Hall–Kier alpha value is -2.30. The predicted molar refractivity (Wildman–Crippen MR) is 69.8 cm³/mol. The van der Waals surface area contributed by atoms with E-state index in [1.54, 1.807) is 19.9 Å². The molecule has 17 heavy (non-hydrogen) atoms. The van der Waals surface area contributed by atoms with E-state index < -0.39 is 0 Å². The summed E-state index contributed by atoms with van der Waals surface area (Å²) in [6.45, 7) is 3.38. The third-order valence-corrected chi connectivity index (χ3v) is 2.24. The zero-order chi connectivity index (χ0) is 12.8. The second-order valence-electron chi connectivity index (χ2n) is 3.60. The predicted octanol–water partition coefficient (Wildman–Crippen LogP) is 1.70. The minimum Gasteiger partial charge on any atom is -0.397 e. The van der Waals surface area contributed by atoms with Gasteiger partial charge in [-0.15, -0.1) is 0 Å². The Morgan fingerprint density at radius 2 is 2.00 bits per heavy atom. The van der Waals surface area contributed by atoms with Crippen molar-refractivity contribution in [2.24, 2.45) is 0 Å². The molecule has 0 unspecified atom stereocenters. The van der Waals surface area contributed by atoms with Crippen molar-refractivity contribution >= 4 is 23.5 Å². The Morgan fingerprint density at radius 1 is 1.35 bits per heavy atom. The van der Waals surface area contributed by atoms with Gasteiger partial charge in [-0.2, -0.15) is 0 Å². The SMILES string of the molecule is CC(=N)/C(NC=O)=C(/C)Nc1ccccc1N. The summed E-state index contributed by atoms with van der Waals surface area (Å²) in [5.41, 5.74) is 8.54. The van der Waals surface area contributed by atoms with Gasteiger partial charge < -0.3 is 21.8 Å². The van der Waals surface area contributed by atoms with Gasteiger partial charge in [-0.25, -0.2) is 0 Å². The lowest BCUT2D eigenvalue weighted by atomic mass is 10.2. The summed E-state index contributed by atoms with van der Waals surface area (Å²) < 4.78 is 0. The smallest absolute Gasteiger partial charge is 0.211 e. The van der Waals surface area contributed by atoms with Gasteiger partial charge in [0.15, 0.2) is 0 Å². The van der Waals surface area contributed by atoms with Crippen LogP contribution in [0.2, 0.25) is 0 Å². The maximum absolute atomic E-state index is 10.4. The minimum atomic E-state index is 0.275. The number of hydrogen-bond acceptors (Lipinski definition) is 4. The third kappa shape index (κ3) is 3.34. The number of carbonyl (C=O) groups is 1. The molecule has 0 aromatic heterocycles. The first-order valence-corrected chi connectivity index (χ1v) is 5.14. The molecular weight excluding hydrogens is 216 g/mol. The molecule has 0 aliphatic heterocycles. The number of allylic oxidation sites excluding steroid dienone is 2. The monoisotopic (exact) mass is 232 g/mol. The molecule has 5 heteroatoms. The van der Waals surface area contributed by atoms with Crippen LogP contribution in [0.1, 0.15) is 13.8 Å². The molecule has 0 aliphatic carbocycles. The highest BCUT2D eigenvalue weighted by atomic mass is 16.1. The molecular formula is C12H16N4O. The average Bonchev–Trinajstić information content (AvgIpc) is 2.28. The van der Waals surface area contributed by atoms with Crippen LogP contribution in [0.25, 0.3) is 0 Å². The van der Waals surface area contributed by atoms with Crippen molar-refractivity contribution in [1.82, 2.24) is 5.32 Å². The molecule has 0 spiro atoms. The van der Waals surface area contributed by atoms with Gasteiger partial charge in [0.25, 0.3) is 0 Å². The van der Waals surface area contributed by atoms with E-state index >= 15 is 0 Å². The van der Waals surface area contributed by atoms with Crippen LogP contribution in [-0.4, -0.2) is 12.1 Å². The molecule has 1 aromatic carbocycles. The van der Waals surface area contributed by atoms with Crippen molar-refractivity contribution in [3.63, 3.8) is 0 Å². The Bertz CT molecular complexity index is 465. The summed E-state index contributed by atoms with van der Waals surface area (Å²) in [7, 11) is 0. The van der Waals surface area contributed by atoms with Crippen molar-refractivity contribution in [3.8, 4) is 0 Å². The molecule has 0 atom stereocenters. The molecule has 90 valence electrons. The fraction of sp³-hybridized carbons (Fsp3) is 0.167. The van der Waals surface area contributed by atoms with Crippen molar-refractivity contribution in [2.45, 2.75) is 13.8 Å². The highest BCUT2D eigenvalue weighted by Gasteiger charge is 2.06. The van der Waals surface area contributed by atoms with Gasteiger partial charge in [0, 0.05) is 5.70 Å². The molecule has 1 aromatic rings. The van der Waals surface area contributed by atoms with E-state index in [1.165, 1.54) is 0 Å². The van der Waals surface area contributed by atoms with Crippen molar-refractivity contribution in [2.75, 3.05) is 11.1 Å². The summed E-state index contributed by atoms with van der Waals surface area (Å²) in [6, 6.07) is 7.30. The fourth-order valence-electron chi connectivity index (χ4n) is 1.43. The molecule has 0 radical (unpaired) electrons. The first-order chi connectivity index (χ1) is 8.06. The maximum atomic E-state index is 10.4. The molecule has 0 saturated heterocycles. The number of benzene rings is 1. The lowest BCUT2D eigenvalue weighted by Crippen LogP contribution is -2.20. The van der Waals surface area contributed by atoms with E-state index in [1.807, 2.05) is 18.2 Å². The number of anilines is 2. The van der Waals surface area contributed by atoms with Crippen molar-refractivity contribution < 1.29 is 4.79 Å². The summed E-state index contributed by atoms with van der Waals surface area (Å²) >= 11 is 0. The second-order valence-corrected chi connectivity index (χ2v) is 3.60. The number of nitrogens with one attached hydrogen (secondary N) is 3. The van der Waals surface area contributed by atoms with Gasteiger partial charge in [-0.1, -0.05) is 12.1 Å². The molecule has 0 saturated carbocycles. The first kappa shape index (κ1) is 12.8. The number of hydrogen-bond donors (Lipinski definition) is 4. The van der Waals surface area contributed by atoms with Crippen molar-refractivity contribution in [1.29, 1.82) is 5.41 Å². The molecule has 0 aliphatic rings. The van der Waals surface area contributed by atoms with E-state index in [0.717, 1.165) is 5.69 Å². The topological polar surface area (TPSA) is 91.0 Å². The minimum absolute atomic E-state index is 0.275. The van der Waals surface area contributed by atoms with Crippen LogP contribution >= 0.6 is 0 Å². The van der Waals surface area contributed by atoms with E-state index in [4.69, 9.17) is 11.1 Å².